The van der Waals surface area contributed by atoms with Crippen LogP contribution in [0.1, 0.15) is 28.8 Å². The summed E-state index contributed by atoms with van der Waals surface area (Å²) < 4.78 is 10.2. The second kappa shape index (κ2) is 11.8. The molecule has 0 radical (unpaired) electrons. The fourth-order valence-corrected chi connectivity index (χ4v) is 5.05. The van der Waals surface area contributed by atoms with E-state index in [9.17, 15) is 19.6 Å². The number of nitriles is 1. The van der Waals surface area contributed by atoms with Gasteiger partial charge in [0.2, 0.25) is 0 Å². The monoisotopic (exact) mass is 529 g/mol. The van der Waals surface area contributed by atoms with Crippen LogP contribution in [0.4, 0.5) is 5.69 Å². The molecule has 2 aromatic rings. The Morgan fingerprint density at radius 3 is 2.15 bits per heavy atom. The SMILES string of the molecule is CCN1CCN(C(=O)c2ccccc2N2C(N)=C(C#N)C(c3ccccc3)C(C(=O)OC)=C2C(=O)OC)CC1. The molecule has 0 aromatic heterocycles. The van der Waals surface area contributed by atoms with E-state index in [0.29, 0.717) is 18.7 Å². The molecular weight excluding hydrogens is 498 g/mol. The van der Waals surface area contributed by atoms with Crippen LogP contribution in [-0.4, -0.2) is 74.6 Å². The number of hydrogen-bond donors (Lipinski definition) is 1. The van der Waals surface area contributed by atoms with Crippen LogP contribution in [0.3, 0.4) is 0 Å². The molecule has 1 unspecified atom stereocenters. The molecule has 1 saturated heterocycles. The molecule has 2 heterocycles. The highest BCUT2D eigenvalue weighted by atomic mass is 16.5. The molecule has 2 aliphatic heterocycles. The van der Waals surface area contributed by atoms with E-state index in [4.69, 9.17) is 15.2 Å². The van der Waals surface area contributed by atoms with Gasteiger partial charge in [-0.3, -0.25) is 9.69 Å². The average molecular weight is 530 g/mol. The van der Waals surface area contributed by atoms with E-state index in [1.165, 1.54) is 19.1 Å². The molecule has 1 fully saturated rings. The third-order valence-electron chi connectivity index (χ3n) is 7.09. The summed E-state index contributed by atoms with van der Waals surface area (Å²) in [7, 11) is 2.38. The van der Waals surface area contributed by atoms with E-state index in [-0.39, 0.29) is 39.8 Å². The fraction of sp³-hybridized carbons (Fsp3) is 0.310. The van der Waals surface area contributed by atoms with Crippen LogP contribution < -0.4 is 10.6 Å². The first-order chi connectivity index (χ1) is 18.9. The van der Waals surface area contributed by atoms with Crippen LogP contribution in [0.2, 0.25) is 0 Å². The van der Waals surface area contributed by atoms with E-state index in [0.717, 1.165) is 19.6 Å². The molecule has 0 aliphatic carbocycles. The van der Waals surface area contributed by atoms with Crippen LogP contribution in [0.25, 0.3) is 0 Å². The minimum Gasteiger partial charge on any atom is -0.466 e. The maximum Gasteiger partial charge on any atom is 0.355 e. The number of hydrogen-bond acceptors (Lipinski definition) is 9. The van der Waals surface area contributed by atoms with Crippen molar-refractivity contribution in [2.45, 2.75) is 12.8 Å². The quantitative estimate of drug-likeness (QED) is 0.561. The second-order valence-corrected chi connectivity index (χ2v) is 9.08. The minimum absolute atomic E-state index is 0.0352. The number of amides is 1. The second-order valence-electron chi connectivity index (χ2n) is 9.08. The topological polar surface area (TPSA) is 129 Å². The summed E-state index contributed by atoms with van der Waals surface area (Å²) in [5, 5.41) is 10.3. The smallest absolute Gasteiger partial charge is 0.355 e. The molecule has 202 valence electrons. The number of esters is 2. The van der Waals surface area contributed by atoms with Gasteiger partial charge in [-0.2, -0.15) is 5.26 Å². The van der Waals surface area contributed by atoms with Gasteiger partial charge in [-0.05, 0) is 24.2 Å². The van der Waals surface area contributed by atoms with Crippen LogP contribution in [0.15, 0.2) is 77.3 Å². The molecule has 1 amide bonds. The normalized spacial score (nSPS) is 18.1. The number of para-hydroxylation sites is 1. The number of anilines is 1. The number of allylic oxidation sites excluding steroid dienone is 1. The van der Waals surface area contributed by atoms with Gasteiger partial charge in [-0.1, -0.05) is 49.4 Å². The number of rotatable bonds is 6. The molecule has 39 heavy (non-hydrogen) atoms. The summed E-state index contributed by atoms with van der Waals surface area (Å²) in [5.74, 6) is -3.01. The Morgan fingerprint density at radius 1 is 0.949 bits per heavy atom. The Labute approximate surface area is 227 Å². The van der Waals surface area contributed by atoms with E-state index in [1.807, 2.05) is 0 Å². The zero-order chi connectivity index (χ0) is 28.1. The molecule has 2 aliphatic rings. The Kier molecular flexibility index (Phi) is 8.32. The summed E-state index contributed by atoms with van der Waals surface area (Å²) in [5.41, 5.74) is 7.41. The van der Waals surface area contributed by atoms with Gasteiger partial charge >= 0.3 is 11.9 Å². The summed E-state index contributed by atoms with van der Waals surface area (Å²) in [6.45, 7) is 5.54. The molecule has 2 N–H and O–H groups in total. The standard InChI is InChI=1S/C29H31N5O5/c1-4-32-14-16-33(17-15-32)27(35)20-12-8-9-13-22(20)34-25(29(37)39-3)24(28(36)38-2)23(21(18-30)26(34)31)19-10-6-5-7-11-19/h5-13,23H,4,14-17,31H2,1-3H3. The largest absolute Gasteiger partial charge is 0.466 e. The lowest BCUT2D eigenvalue weighted by Gasteiger charge is -2.38. The van der Waals surface area contributed by atoms with Gasteiger partial charge in [0.25, 0.3) is 5.91 Å². The summed E-state index contributed by atoms with van der Waals surface area (Å²) in [4.78, 5) is 45.7. The number of benzene rings is 2. The van der Waals surface area contributed by atoms with Crippen molar-refractivity contribution in [2.24, 2.45) is 5.73 Å². The van der Waals surface area contributed by atoms with Gasteiger partial charge < -0.3 is 25.0 Å². The highest BCUT2D eigenvalue weighted by Gasteiger charge is 2.44. The van der Waals surface area contributed by atoms with Crippen molar-refractivity contribution in [3.05, 3.63) is 88.4 Å². The number of methoxy groups -OCH3 is 2. The van der Waals surface area contributed by atoms with Crippen LogP contribution >= 0.6 is 0 Å². The van der Waals surface area contributed by atoms with Crippen LogP contribution in [0.5, 0.6) is 0 Å². The minimum atomic E-state index is -0.987. The Hall–Kier alpha value is -4.62. The number of likely N-dealkylation sites (N-methyl/N-ethyl adjacent to an activating group) is 1. The van der Waals surface area contributed by atoms with E-state index in [1.54, 1.807) is 59.5 Å². The molecule has 2 aromatic carbocycles. The maximum atomic E-state index is 13.8. The zero-order valence-corrected chi connectivity index (χ0v) is 22.2. The number of nitrogens with two attached hydrogens (primary N) is 1. The molecule has 10 nitrogen and oxygen atoms in total. The van der Waals surface area contributed by atoms with Crippen molar-refractivity contribution in [3.63, 3.8) is 0 Å². The lowest BCUT2D eigenvalue weighted by molar-refractivity contribution is -0.139. The van der Waals surface area contributed by atoms with Crippen molar-refractivity contribution in [3.8, 4) is 6.07 Å². The van der Waals surface area contributed by atoms with Gasteiger partial charge in [-0.25, -0.2) is 9.59 Å². The number of carbonyl (C=O) groups is 3. The number of nitrogens with zero attached hydrogens (tertiary/aromatic N) is 4. The molecular formula is C29H31N5O5. The number of ether oxygens (including phenoxy) is 2. The van der Waals surface area contributed by atoms with Crippen molar-refractivity contribution >= 4 is 23.5 Å². The van der Waals surface area contributed by atoms with Gasteiger partial charge in [-0.15, -0.1) is 0 Å². The maximum absolute atomic E-state index is 13.8. The first-order valence-corrected chi connectivity index (χ1v) is 12.6. The van der Waals surface area contributed by atoms with Gasteiger partial charge in [0, 0.05) is 26.2 Å². The number of carbonyl (C=O) groups excluding carboxylic acids is 3. The van der Waals surface area contributed by atoms with Crippen molar-refractivity contribution in [1.82, 2.24) is 9.80 Å². The van der Waals surface area contributed by atoms with Crippen molar-refractivity contribution < 1.29 is 23.9 Å². The van der Waals surface area contributed by atoms with Gasteiger partial charge in [0.1, 0.15) is 11.5 Å². The first kappa shape index (κ1) is 27.4. The molecule has 0 saturated carbocycles. The third-order valence-corrected chi connectivity index (χ3v) is 7.09. The highest BCUT2D eigenvalue weighted by Crippen LogP contribution is 2.44. The van der Waals surface area contributed by atoms with E-state index in [2.05, 4.69) is 17.9 Å². The predicted octanol–water partition coefficient (Wildman–Crippen LogP) is 2.36. The van der Waals surface area contributed by atoms with Crippen LogP contribution in [-0.2, 0) is 19.1 Å². The summed E-state index contributed by atoms with van der Waals surface area (Å²) in [6.07, 6.45) is 0. The zero-order valence-electron chi connectivity index (χ0n) is 22.2. The lowest BCUT2D eigenvalue weighted by Crippen LogP contribution is -2.49. The molecule has 4 rings (SSSR count). The highest BCUT2D eigenvalue weighted by molar-refractivity contribution is 6.08. The lowest BCUT2D eigenvalue weighted by atomic mass is 9.80. The average Bonchev–Trinajstić information content (AvgIpc) is 2.99. The van der Waals surface area contributed by atoms with Crippen molar-refractivity contribution in [1.29, 1.82) is 5.26 Å². The summed E-state index contributed by atoms with van der Waals surface area (Å²) >= 11 is 0. The fourth-order valence-electron chi connectivity index (χ4n) is 5.05. The number of piperazine rings is 1. The summed E-state index contributed by atoms with van der Waals surface area (Å²) in [6, 6.07) is 17.6. The van der Waals surface area contributed by atoms with Gasteiger partial charge in [0.15, 0.2) is 0 Å². The van der Waals surface area contributed by atoms with E-state index >= 15 is 0 Å². The molecule has 0 bridgehead atoms. The Bertz CT molecular complexity index is 1370. The van der Waals surface area contributed by atoms with E-state index < -0.39 is 17.9 Å². The molecule has 1 atom stereocenters. The Balaban J connectivity index is 1.94. The van der Waals surface area contributed by atoms with Crippen molar-refractivity contribution in [2.75, 3.05) is 51.8 Å². The van der Waals surface area contributed by atoms with Gasteiger partial charge in [0.05, 0.1) is 48.6 Å². The molecule has 0 spiro atoms. The third kappa shape index (κ3) is 5.09. The Morgan fingerprint density at radius 2 is 1.56 bits per heavy atom. The predicted molar refractivity (Wildman–Crippen MR) is 144 cm³/mol. The van der Waals surface area contributed by atoms with Crippen LogP contribution in [0, 0.1) is 11.3 Å². The first-order valence-electron chi connectivity index (χ1n) is 12.6. The molecule has 10 heteroatoms.